The van der Waals surface area contributed by atoms with Crippen molar-refractivity contribution in [3.8, 4) is 22.6 Å². The van der Waals surface area contributed by atoms with E-state index in [2.05, 4.69) is 49.2 Å². The Morgan fingerprint density at radius 2 is 1.81 bits per heavy atom. The maximum absolute atomic E-state index is 14.5. The summed E-state index contributed by atoms with van der Waals surface area (Å²) in [7, 11) is 4.04. The van der Waals surface area contributed by atoms with Crippen LogP contribution in [0, 0.1) is 5.92 Å². The number of ether oxygens (including phenoxy) is 3. The van der Waals surface area contributed by atoms with Gasteiger partial charge in [0.15, 0.2) is 11.5 Å². The smallest absolute Gasteiger partial charge is 0.271 e. The van der Waals surface area contributed by atoms with E-state index in [0.29, 0.717) is 31.9 Å². The molecule has 0 unspecified atom stereocenters. The number of hydrogen-bond donors (Lipinski definition) is 1. The summed E-state index contributed by atoms with van der Waals surface area (Å²) in [5.41, 5.74) is 5.71. The van der Waals surface area contributed by atoms with E-state index in [0.717, 1.165) is 44.7 Å². The Hall–Kier alpha value is -3.85. The largest absolute Gasteiger partial charge is 0.454 e. The number of hydrogen-bond acceptors (Lipinski definition) is 6. The van der Waals surface area contributed by atoms with Gasteiger partial charge in [0.2, 0.25) is 6.79 Å². The summed E-state index contributed by atoms with van der Waals surface area (Å²) >= 11 is 0. The molecule has 3 heterocycles. The number of likely N-dealkylation sites (N-methyl/N-ethyl adjacent to an activating group) is 1. The minimum atomic E-state index is -0.353. The van der Waals surface area contributed by atoms with E-state index in [4.69, 9.17) is 14.2 Å². The number of aliphatic hydroxyl groups is 1. The van der Waals surface area contributed by atoms with E-state index < -0.39 is 0 Å². The monoisotopic (exact) mass is 569 g/mol. The van der Waals surface area contributed by atoms with Crippen LogP contribution in [0.2, 0.25) is 0 Å². The Balaban J connectivity index is 1.37. The van der Waals surface area contributed by atoms with Gasteiger partial charge in [0.25, 0.3) is 5.91 Å². The summed E-state index contributed by atoms with van der Waals surface area (Å²) in [4.78, 5) is 18.6. The lowest BCUT2D eigenvalue weighted by Gasteiger charge is -2.35. The molecule has 0 radical (unpaired) electrons. The average molecular weight is 570 g/mol. The van der Waals surface area contributed by atoms with Gasteiger partial charge in [-0.15, -0.1) is 0 Å². The summed E-state index contributed by atoms with van der Waals surface area (Å²) in [6.07, 6.45) is -0.156. The summed E-state index contributed by atoms with van der Waals surface area (Å²) < 4.78 is 19.8. The highest BCUT2D eigenvalue weighted by Crippen LogP contribution is 2.38. The zero-order chi connectivity index (χ0) is 29.4. The van der Waals surface area contributed by atoms with Crippen molar-refractivity contribution in [1.29, 1.82) is 0 Å². The number of fused-ring (bicyclic) bond motifs is 6. The lowest BCUT2D eigenvalue weighted by atomic mass is 9.96. The van der Waals surface area contributed by atoms with Crippen LogP contribution in [-0.2, 0) is 24.9 Å². The minimum absolute atomic E-state index is 0.00514. The van der Waals surface area contributed by atoms with Gasteiger partial charge in [0.1, 0.15) is 5.69 Å². The van der Waals surface area contributed by atoms with Gasteiger partial charge in [0.05, 0.1) is 25.4 Å². The molecule has 0 fully saturated rings. The molecule has 2 aliphatic rings. The number of amides is 1. The molecular formula is C34H39N3O5. The standard InChI is InChI=1S/C34H39N3O5/c1-22-16-37(23(2)19-38)34(39)33-32(27-11-7-8-12-28(27)36(33)4)26-10-6-5-9-25(26)20-40-31(22)18-35(3)17-24-13-14-29-30(15-24)42-21-41-29/h5-15,22-23,31,38H,16-21H2,1-4H3/t22-,23+,31-/m0/s1. The van der Waals surface area contributed by atoms with Gasteiger partial charge < -0.3 is 28.8 Å². The van der Waals surface area contributed by atoms with Gasteiger partial charge in [-0.3, -0.25) is 9.69 Å². The average Bonchev–Trinajstić information content (AvgIpc) is 3.58. The van der Waals surface area contributed by atoms with Crippen LogP contribution in [0.25, 0.3) is 22.0 Å². The molecule has 0 bridgehead atoms. The van der Waals surface area contributed by atoms with E-state index >= 15 is 0 Å². The van der Waals surface area contributed by atoms with Crippen LogP contribution in [-0.4, -0.2) is 71.1 Å². The van der Waals surface area contributed by atoms with Crippen LogP contribution in [0.1, 0.15) is 35.5 Å². The van der Waals surface area contributed by atoms with Crippen molar-refractivity contribution >= 4 is 16.8 Å². The van der Waals surface area contributed by atoms with Gasteiger partial charge in [-0.1, -0.05) is 55.5 Å². The number of aliphatic hydroxyl groups excluding tert-OH is 1. The highest BCUT2D eigenvalue weighted by Gasteiger charge is 2.33. The van der Waals surface area contributed by atoms with E-state index in [-0.39, 0.29) is 37.4 Å². The number of para-hydroxylation sites is 1. The molecule has 3 atom stereocenters. The Kier molecular flexibility index (Phi) is 7.94. The topological polar surface area (TPSA) is 76.4 Å². The van der Waals surface area contributed by atoms with Crippen LogP contribution in [0.3, 0.4) is 0 Å². The predicted molar refractivity (Wildman–Crippen MR) is 163 cm³/mol. The third-order valence-electron chi connectivity index (χ3n) is 8.61. The SMILES string of the molecule is C[C@H](CO)N1C[C@H](C)[C@H](CN(C)Cc2ccc3c(c2)OCO3)OCc2ccccc2-c2c(n(C)c3ccccc23)C1=O. The second kappa shape index (κ2) is 11.8. The molecule has 0 saturated heterocycles. The van der Waals surface area contributed by atoms with Crippen molar-refractivity contribution < 1.29 is 24.1 Å². The lowest BCUT2D eigenvalue weighted by Crippen LogP contribution is -2.47. The van der Waals surface area contributed by atoms with Gasteiger partial charge in [0, 0.05) is 49.1 Å². The predicted octanol–water partition coefficient (Wildman–Crippen LogP) is 5.06. The maximum atomic E-state index is 14.5. The van der Waals surface area contributed by atoms with E-state index in [1.54, 1.807) is 0 Å². The number of nitrogens with zero attached hydrogens (tertiary/aromatic N) is 3. The molecular weight excluding hydrogens is 530 g/mol. The molecule has 3 aromatic carbocycles. The van der Waals surface area contributed by atoms with Gasteiger partial charge in [-0.25, -0.2) is 0 Å². The van der Waals surface area contributed by atoms with E-state index in [1.165, 1.54) is 0 Å². The Morgan fingerprint density at radius 1 is 1.05 bits per heavy atom. The Labute approximate surface area is 247 Å². The van der Waals surface area contributed by atoms with Crippen LogP contribution >= 0.6 is 0 Å². The first-order valence-corrected chi connectivity index (χ1v) is 14.6. The molecule has 220 valence electrons. The second-order valence-corrected chi connectivity index (χ2v) is 11.7. The van der Waals surface area contributed by atoms with Crippen molar-refractivity contribution in [2.24, 2.45) is 13.0 Å². The summed E-state index contributed by atoms with van der Waals surface area (Å²) in [6, 6.07) is 22.1. The quantitative estimate of drug-likeness (QED) is 0.350. The van der Waals surface area contributed by atoms with E-state index in [9.17, 15) is 9.90 Å². The fraction of sp³-hybridized carbons (Fsp3) is 0.382. The van der Waals surface area contributed by atoms with Gasteiger partial charge >= 0.3 is 0 Å². The van der Waals surface area contributed by atoms with Crippen molar-refractivity contribution in [1.82, 2.24) is 14.4 Å². The third-order valence-corrected chi connectivity index (χ3v) is 8.61. The molecule has 6 rings (SSSR count). The highest BCUT2D eigenvalue weighted by atomic mass is 16.7. The molecule has 0 spiro atoms. The van der Waals surface area contributed by atoms with Crippen LogP contribution in [0.5, 0.6) is 11.5 Å². The molecule has 1 N–H and O–H groups in total. The van der Waals surface area contributed by atoms with Crippen LogP contribution in [0.4, 0.5) is 0 Å². The molecule has 42 heavy (non-hydrogen) atoms. The van der Waals surface area contributed by atoms with Crippen molar-refractivity contribution in [2.45, 2.75) is 39.1 Å². The fourth-order valence-corrected chi connectivity index (χ4v) is 6.25. The first kappa shape index (κ1) is 28.3. The van der Waals surface area contributed by atoms with E-state index in [1.807, 2.05) is 59.8 Å². The molecule has 4 aromatic rings. The van der Waals surface area contributed by atoms with Crippen LogP contribution in [0.15, 0.2) is 66.7 Å². The first-order valence-electron chi connectivity index (χ1n) is 14.6. The van der Waals surface area contributed by atoms with Gasteiger partial charge in [-0.05, 0) is 48.9 Å². The number of rotatable bonds is 6. The zero-order valence-electron chi connectivity index (χ0n) is 24.7. The molecule has 0 aliphatic carbocycles. The Morgan fingerprint density at radius 3 is 2.64 bits per heavy atom. The fourth-order valence-electron chi connectivity index (χ4n) is 6.25. The first-order chi connectivity index (χ1) is 20.4. The van der Waals surface area contributed by atoms with Crippen molar-refractivity contribution in [3.63, 3.8) is 0 Å². The summed E-state index contributed by atoms with van der Waals surface area (Å²) in [5, 5.41) is 11.3. The van der Waals surface area contributed by atoms with Crippen LogP contribution < -0.4 is 9.47 Å². The molecule has 2 aliphatic heterocycles. The molecule has 8 heteroatoms. The second-order valence-electron chi connectivity index (χ2n) is 11.7. The number of carbonyl (C=O) groups is 1. The minimum Gasteiger partial charge on any atom is -0.454 e. The molecule has 8 nitrogen and oxygen atoms in total. The summed E-state index contributed by atoms with van der Waals surface area (Å²) in [6.45, 7) is 6.44. The maximum Gasteiger partial charge on any atom is 0.271 e. The van der Waals surface area contributed by atoms with Gasteiger partial charge in [-0.2, -0.15) is 0 Å². The molecule has 0 saturated carbocycles. The number of aromatic nitrogens is 1. The Bertz CT molecular complexity index is 1600. The normalized spacial score (nSPS) is 19.5. The molecule has 1 amide bonds. The lowest BCUT2D eigenvalue weighted by molar-refractivity contribution is -0.0242. The number of aryl methyl sites for hydroxylation is 1. The highest BCUT2D eigenvalue weighted by molar-refractivity contribution is 6.10. The van der Waals surface area contributed by atoms with Crippen molar-refractivity contribution in [3.05, 3.63) is 83.6 Å². The summed E-state index contributed by atoms with van der Waals surface area (Å²) in [5.74, 6) is 1.47. The number of benzene rings is 3. The zero-order valence-corrected chi connectivity index (χ0v) is 24.7. The molecule has 1 aromatic heterocycles. The van der Waals surface area contributed by atoms with Crippen molar-refractivity contribution in [2.75, 3.05) is 33.5 Å². The number of carbonyl (C=O) groups excluding carboxylic acids is 1. The third kappa shape index (κ3) is 5.26.